The minimum atomic E-state index is -0.245. The standard InChI is InChI=1S/C16H14N2O3/c1-9-6-12(19)3-5-13(9)18-16(21)10-2-4-14-11(7-10)8-15(20)17-14/h2-7,19H,8H2,1H3,(H,17,20)(H,18,21). The zero-order valence-electron chi connectivity index (χ0n) is 11.4. The van der Waals surface area contributed by atoms with E-state index >= 15 is 0 Å². The molecule has 0 bridgehead atoms. The lowest BCUT2D eigenvalue weighted by molar-refractivity contribution is -0.115. The van der Waals surface area contributed by atoms with Crippen LogP contribution in [-0.4, -0.2) is 16.9 Å². The number of benzene rings is 2. The summed E-state index contributed by atoms with van der Waals surface area (Å²) in [6.45, 7) is 1.81. The maximum Gasteiger partial charge on any atom is 0.255 e. The zero-order chi connectivity index (χ0) is 15.0. The van der Waals surface area contributed by atoms with E-state index in [1.165, 1.54) is 6.07 Å². The number of nitrogens with one attached hydrogen (secondary N) is 2. The second-order valence-corrected chi connectivity index (χ2v) is 5.05. The molecule has 5 heteroatoms. The van der Waals surface area contributed by atoms with E-state index in [4.69, 9.17) is 0 Å². The first-order chi connectivity index (χ1) is 10.0. The van der Waals surface area contributed by atoms with E-state index < -0.39 is 0 Å². The summed E-state index contributed by atoms with van der Waals surface area (Å²) >= 11 is 0. The third-order valence-electron chi connectivity index (χ3n) is 3.45. The van der Waals surface area contributed by atoms with E-state index in [9.17, 15) is 14.7 Å². The summed E-state index contributed by atoms with van der Waals surface area (Å²) < 4.78 is 0. The molecule has 0 saturated carbocycles. The van der Waals surface area contributed by atoms with Gasteiger partial charge in [-0.1, -0.05) is 0 Å². The molecule has 2 aromatic rings. The summed E-state index contributed by atoms with van der Waals surface area (Å²) in [6.07, 6.45) is 0.300. The Bertz CT molecular complexity index is 753. The Morgan fingerprint density at radius 1 is 1.24 bits per heavy atom. The van der Waals surface area contributed by atoms with Crippen LogP contribution in [0.2, 0.25) is 0 Å². The highest BCUT2D eigenvalue weighted by atomic mass is 16.3. The van der Waals surface area contributed by atoms with Crippen LogP contribution in [-0.2, 0) is 11.2 Å². The van der Waals surface area contributed by atoms with Crippen LogP contribution in [0, 0.1) is 6.92 Å². The number of phenolic OH excluding ortho intramolecular Hbond substituents is 1. The third-order valence-corrected chi connectivity index (χ3v) is 3.45. The molecule has 21 heavy (non-hydrogen) atoms. The number of aryl methyl sites for hydroxylation is 1. The molecule has 3 rings (SSSR count). The fourth-order valence-electron chi connectivity index (χ4n) is 2.35. The fourth-order valence-corrected chi connectivity index (χ4v) is 2.35. The third kappa shape index (κ3) is 2.58. The SMILES string of the molecule is Cc1cc(O)ccc1NC(=O)c1ccc2c(c1)CC(=O)N2. The van der Waals surface area contributed by atoms with Crippen LogP contribution in [0.15, 0.2) is 36.4 Å². The molecule has 0 saturated heterocycles. The number of phenols is 1. The van der Waals surface area contributed by atoms with Gasteiger partial charge in [-0.05, 0) is 54.4 Å². The Hall–Kier alpha value is -2.82. The van der Waals surface area contributed by atoms with Crippen molar-refractivity contribution in [1.29, 1.82) is 0 Å². The van der Waals surface area contributed by atoms with Crippen molar-refractivity contribution in [1.82, 2.24) is 0 Å². The summed E-state index contributed by atoms with van der Waals surface area (Å²) in [5.74, 6) is -0.143. The molecule has 0 aromatic heterocycles. The Kier molecular flexibility index (Phi) is 3.10. The minimum absolute atomic E-state index is 0.0584. The molecule has 1 aliphatic heterocycles. The molecular weight excluding hydrogens is 268 g/mol. The normalized spacial score (nSPS) is 12.7. The van der Waals surface area contributed by atoms with Crippen molar-refractivity contribution in [3.8, 4) is 5.75 Å². The van der Waals surface area contributed by atoms with Gasteiger partial charge in [0.1, 0.15) is 5.75 Å². The zero-order valence-corrected chi connectivity index (χ0v) is 11.4. The van der Waals surface area contributed by atoms with E-state index in [-0.39, 0.29) is 17.6 Å². The quantitative estimate of drug-likeness (QED) is 0.740. The van der Waals surface area contributed by atoms with Gasteiger partial charge in [0.25, 0.3) is 5.91 Å². The second-order valence-electron chi connectivity index (χ2n) is 5.05. The van der Waals surface area contributed by atoms with Gasteiger partial charge in [0, 0.05) is 16.9 Å². The van der Waals surface area contributed by atoms with Gasteiger partial charge in [0.15, 0.2) is 0 Å². The van der Waals surface area contributed by atoms with Crippen LogP contribution in [0.4, 0.5) is 11.4 Å². The fraction of sp³-hybridized carbons (Fsp3) is 0.125. The monoisotopic (exact) mass is 282 g/mol. The average molecular weight is 282 g/mol. The summed E-state index contributed by atoms with van der Waals surface area (Å²) in [5, 5.41) is 14.9. The summed E-state index contributed by atoms with van der Waals surface area (Å²) in [7, 11) is 0. The highest BCUT2D eigenvalue weighted by Gasteiger charge is 2.19. The van der Waals surface area contributed by atoms with E-state index in [1.807, 2.05) is 0 Å². The molecular formula is C16H14N2O3. The first-order valence-corrected chi connectivity index (χ1v) is 6.57. The van der Waals surface area contributed by atoms with Gasteiger partial charge >= 0.3 is 0 Å². The van der Waals surface area contributed by atoms with Gasteiger partial charge in [-0.25, -0.2) is 0 Å². The van der Waals surface area contributed by atoms with Crippen molar-refractivity contribution in [3.63, 3.8) is 0 Å². The number of amides is 2. The molecule has 1 heterocycles. The van der Waals surface area contributed by atoms with E-state index in [0.717, 1.165) is 16.8 Å². The van der Waals surface area contributed by atoms with Crippen LogP contribution in [0.5, 0.6) is 5.75 Å². The summed E-state index contributed by atoms with van der Waals surface area (Å²) in [4.78, 5) is 23.6. The summed E-state index contributed by atoms with van der Waals surface area (Å²) in [5.41, 5.74) is 3.51. The predicted octanol–water partition coefficient (Wildman–Crippen LogP) is 2.45. The Balaban J connectivity index is 1.83. The van der Waals surface area contributed by atoms with E-state index in [0.29, 0.717) is 17.7 Å². The minimum Gasteiger partial charge on any atom is -0.508 e. The topological polar surface area (TPSA) is 78.4 Å². The lowest BCUT2D eigenvalue weighted by Gasteiger charge is -2.09. The van der Waals surface area contributed by atoms with Crippen molar-refractivity contribution in [2.45, 2.75) is 13.3 Å². The lowest BCUT2D eigenvalue weighted by Crippen LogP contribution is -2.12. The number of hydrogen-bond acceptors (Lipinski definition) is 3. The number of carbonyl (C=O) groups excluding carboxylic acids is 2. The number of fused-ring (bicyclic) bond motifs is 1. The van der Waals surface area contributed by atoms with Gasteiger partial charge in [0.2, 0.25) is 5.91 Å². The number of carbonyl (C=O) groups is 2. The Morgan fingerprint density at radius 3 is 2.81 bits per heavy atom. The Labute approximate surface area is 121 Å². The molecule has 3 N–H and O–H groups in total. The lowest BCUT2D eigenvalue weighted by atomic mass is 10.1. The van der Waals surface area contributed by atoms with E-state index in [2.05, 4.69) is 10.6 Å². The smallest absolute Gasteiger partial charge is 0.255 e. The van der Waals surface area contributed by atoms with Crippen molar-refractivity contribution < 1.29 is 14.7 Å². The van der Waals surface area contributed by atoms with Crippen LogP contribution < -0.4 is 10.6 Å². The van der Waals surface area contributed by atoms with Crippen LogP contribution in [0.3, 0.4) is 0 Å². The number of rotatable bonds is 2. The van der Waals surface area contributed by atoms with Gasteiger partial charge in [-0.15, -0.1) is 0 Å². The van der Waals surface area contributed by atoms with Crippen molar-refractivity contribution in [2.24, 2.45) is 0 Å². The molecule has 0 fully saturated rings. The molecule has 0 aliphatic carbocycles. The average Bonchev–Trinajstić information content (AvgIpc) is 2.80. The number of hydrogen-bond donors (Lipinski definition) is 3. The van der Waals surface area contributed by atoms with Crippen molar-refractivity contribution >= 4 is 23.2 Å². The van der Waals surface area contributed by atoms with Crippen LogP contribution in [0.1, 0.15) is 21.5 Å². The number of aromatic hydroxyl groups is 1. The molecule has 0 spiro atoms. The molecule has 2 amide bonds. The second kappa shape index (κ2) is 4.94. The first-order valence-electron chi connectivity index (χ1n) is 6.57. The molecule has 5 nitrogen and oxygen atoms in total. The maximum atomic E-state index is 12.3. The van der Waals surface area contributed by atoms with E-state index in [1.54, 1.807) is 37.3 Å². The Morgan fingerprint density at radius 2 is 2.05 bits per heavy atom. The van der Waals surface area contributed by atoms with Gasteiger partial charge in [0.05, 0.1) is 6.42 Å². The molecule has 106 valence electrons. The molecule has 2 aromatic carbocycles. The maximum absolute atomic E-state index is 12.3. The molecule has 0 radical (unpaired) electrons. The largest absolute Gasteiger partial charge is 0.508 e. The highest BCUT2D eigenvalue weighted by Crippen LogP contribution is 2.25. The van der Waals surface area contributed by atoms with Crippen LogP contribution >= 0.6 is 0 Å². The van der Waals surface area contributed by atoms with Gasteiger partial charge < -0.3 is 15.7 Å². The van der Waals surface area contributed by atoms with Crippen molar-refractivity contribution in [2.75, 3.05) is 10.6 Å². The number of anilines is 2. The first kappa shape index (κ1) is 13.2. The van der Waals surface area contributed by atoms with Gasteiger partial charge in [-0.3, -0.25) is 9.59 Å². The molecule has 0 unspecified atom stereocenters. The van der Waals surface area contributed by atoms with Crippen LogP contribution in [0.25, 0.3) is 0 Å². The predicted molar refractivity (Wildman–Crippen MR) is 79.6 cm³/mol. The molecule has 1 aliphatic rings. The van der Waals surface area contributed by atoms with Crippen molar-refractivity contribution in [3.05, 3.63) is 53.1 Å². The summed E-state index contributed by atoms with van der Waals surface area (Å²) in [6, 6.07) is 9.89. The van der Waals surface area contributed by atoms with Gasteiger partial charge in [-0.2, -0.15) is 0 Å². The molecule has 0 atom stereocenters. The highest BCUT2D eigenvalue weighted by molar-refractivity contribution is 6.06.